The number of nitrogen functional groups attached to an aromatic ring is 1. The topological polar surface area (TPSA) is 102 Å². The molecule has 0 aliphatic carbocycles. The van der Waals surface area contributed by atoms with Gasteiger partial charge >= 0.3 is 0 Å². The number of nitrogens with two attached hydrogens (primary N) is 1. The maximum absolute atomic E-state index is 12.2. The van der Waals surface area contributed by atoms with Gasteiger partial charge in [-0.1, -0.05) is 29.8 Å². The van der Waals surface area contributed by atoms with Crippen LogP contribution in [0.1, 0.15) is 11.5 Å². The summed E-state index contributed by atoms with van der Waals surface area (Å²) in [5.41, 5.74) is 11.6. The van der Waals surface area contributed by atoms with E-state index >= 15 is 0 Å². The highest BCUT2D eigenvalue weighted by atomic mass is 35.5. The Kier molecular flexibility index (Phi) is 3.49. The summed E-state index contributed by atoms with van der Waals surface area (Å²) in [4.78, 5) is 19.8. The predicted octanol–water partition coefficient (Wildman–Crippen LogP) is 1.33. The van der Waals surface area contributed by atoms with Crippen molar-refractivity contribution in [3.8, 4) is 5.75 Å². The van der Waals surface area contributed by atoms with Gasteiger partial charge in [0.2, 0.25) is 11.9 Å². The number of aromatic nitrogens is 2. The van der Waals surface area contributed by atoms with E-state index in [4.69, 9.17) is 22.1 Å². The maximum Gasteiger partial charge on any atom is 0.249 e. The Labute approximate surface area is 125 Å². The predicted molar refractivity (Wildman–Crippen MR) is 77.9 cm³/mol. The summed E-state index contributed by atoms with van der Waals surface area (Å²) < 4.78 is 5.47. The van der Waals surface area contributed by atoms with Gasteiger partial charge in [-0.3, -0.25) is 15.6 Å². The number of anilines is 2. The normalized spacial score (nSPS) is 16.0. The van der Waals surface area contributed by atoms with Crippen LogP contribution < -0.4 is 21.3 Å². The Balaban J connectivity index is 1.68. The molecule has 7 nitrogen and oxygen atoms in total. The smallest absolute Gasteiger partial charge is 0.249 e. The molecule has 8 heteroatoms. The summed E-state index contributed by atoms with van der Waals surface area (Å²) in [6.45, 7) is 0.305. The number of ether oxygens (including phenoxy) is 1. The fourth-order valence-corrected chi connectivity index (χ4v) is 2.28. The van der Waals surface area contributed by atoms with E-state index in [2.05, 4.69) is 20.8 Å². The molecule has 2 heterocycles. The molecule has 0 spiro atoms. The van der Waals surface area contributed by atoms with Crippen LogP contribution in [-0.4, -0.2) is 22.5 Å². The van der Waals surface area contributed by atoms with Crippen molar-refractivity contribution in [2.24, 2.45) is 0 Å². The standard InChI is InChI=1S/C13H12ClN5O2/c14-10-5-11(17-13(15)16-10)18-19-12(20)8-6-21-9-4-2-1-3-7(8)9/h1-5,8H,6H2,(H,19,20)(H3,15,16,17,18). The van der Waals surface area contributed by atoms with Crippen LogP contribution in [0.25, 0.3) is 0 Å². The summed E-state index contributed by atoms with van der Waals surface area (Å²) >= 11 is 5.76. The molecule has 1 aliphatic rings. The van der Waals surface area contributed by atoms with E-state index in [1.165, 1.54) is 6.07 Å². The van der Waals surface area contributed by atoms with Crippen LogP contribution in [0.4, 0.5) is 11.8 Å². The summed E-state index contributed by atoms with van der Waals surface area (Å²) in [6, 6.07) is 8.89. The Morgan fingerprint density at radius 2 is 2.19 bits per heavy atom. The average molecular weight is 306 g/mol. The van der Waals surface area contributed by atoms with E-state index in [1.54, 1.807) is 0 Å². The molecule has 3 rings (SSSR count). The minimum atomic E-state index is -0.372. The Morgan fingerprint density at radius 1 is 1.38 bits per heavy atom. The number of halogens is 1. The van der Waals surface area contributed by atoms with Crippen molar-refractivity contribution in [2.45, 2.75) is 5.92 Å². The van der Waals surface area contributed by atoms with Crippen molar-refractivity contribution in [1.82, 2.24) is 15.4 Å². The molecule has 1 aromatic heterocycles. The van der Waals surface area contributed by atoms with Crippen molar-refractivity contribution in [3.63, 3.8) is 0 Å². The number of rotatable bonds is 3. The van der Waals surface area contributed by atoms with Gasteiger partial charge in [-0.05, 0) is 6.07 Å². The molecular formula is C13H12ClN5O2. The molecule has 2 aromatic rings. The quantitative estimate of drug-likeness (QED) is 0.584. The third-order valence-corrected chi connectivity index (χ3v) is 3.24. The van der Waals surface area contributed by atoms with Gasteiger partial charge in [0, 0.05) is 11.6 Å². The van der Waals surface area contributed by atoms with Crippen LogP contribution in [0.3, 0.4) is 0 Å². The number of nitrogens with one attached hydrogen (secondary N) is 2. The zero-order valence-electron chi connectivity index (χ0n) is 10.8. The lowest BCUT2D eigenvalue weighted by molar-refractivity contribution is -0.122. The molecule has 21 heavy (non-hydrogen) atoms. The molecule has 0 bridgehead atoms. The van der Waals surface area contributed by atoms with Crippen molar-refractivity contribution >= 4 is 29.3 Å². The molecule has 1 amide bonds. The Bertz CT molecular complexity index is 674. The number of amides is 1. The number of carbonyl (C=O) groups excluding carboxylic acids is 1. The van der Waals surface area contributed by atoms with Gasteiger partial charge < -0.3 is 10.5 Å². The van der Waals surface area contributed by atoms with Gasteiger partial charge in [-0.25, -0.2) is 4.98 Å². The molecule has 0 radical (unpaired) electrons. The number of hydrogen-bond acceptors (Lipinski definition) is 6. The van der Waals surface area contributed by atoms with Gasteiger partial charge in [0.05, 0.1) is 0 Å². The second-order valence-corrected chi connectivity index (χ2v) is 4.84. The molecule has 1 atom stereocenters. The van der Waals surface area contributed by atoms with Crippen molar-refractivity contribution in [1.29, 1.82) is 0 Å². The Hall–Kier alpha value is -2.54. The molecule has 108 valence electrons. The molecule has 1 unspecified atom stereocenters. The number of nitrogens with zero attached hydrogens (tertiary/aromatic N) is 2. The summed E-state index contributed by atoms with van der Waals surface area (Å²) in [6.07, 6.45) is 0. The monoisotopic (exact) mass is 305 g/mol. The maximum atomic E-state index is 12.2. The van der Waals surface area contributed by atoms with Crippen LogP contribution in [0.2, 0.25) is 5.15 Å². The molecule has 0 saturated heterocycles. The van der Waals surface area contributed by atoms with E-state index in [0.29, 0.717) is 12.4 Å². The first kappa shape index (κ1) is 13.4. The number of carbonyl (C=O) groups is 1. The summed E-state index contributed by atoms with van der Waals surface area (Å²) in [7, 11) is 0. The number of hydrazine groups is 1. The molecule has 0 fully saturated rings. The molecular weight excluding hydrogens is 294 g/mol. The van der Waals surface area contributed by atoms with E-state index in [9.17, 15) is 4.79 Å². The van der Waals surface area contributed by atoms with Gasteiger partial charge in [-0.15, -0.1) is 0 Å². The lowest BCUT2D eigenvalue weighted by atomic mass is 10.0. The highest BCUT2D eigenvalue weighted by molar-refractivity contribution is 6.29. The number of hydrogen-bond donors (Lipinski definition) is 3. The van der Waals surface area contributed by atoms with Crippen LogP contribution in [0, 0.1) is 0 Å². The Morgan fingerprint density at radius 3 is 3.00 bits per heavy atom. The zero-order chi connectivity index (χ0) is 14.8. The minimum absolute atomic E-state index is 0.0220. The average Bonchev–Trinajstić information content (AvgIpc) is 2.88. The van der Waals surface area contributed by atoms with Crippen molar-refractivity contribution in [2.75, 3.05) is 17.8 Å². The largest absolute Gasteiger partial charge is 0.492 e. The van der Waals surface area contributed by atoms with Gasteiger partial charge in [0.1, 0.15) is 23.4 Å². The minimum Gasteiger partial charge on any atom is -0.492 e. The lowest BCUT2D eigenvalue weighted by Crippen LogP contribution is -2.35. The first-order valence-corrected chi connectivity index (χ1v) is 6.59. The molecule has 1 aliphatic heterocycles. The summed E-state index contributed by atoms with van der Waals surface area (Å²) in [5, 5.41) is 0.189. The SMILES string of the molecule is Nc1nc(Cl)cc(NNC(=O)C2COc3ccccc32)n1. The first-order chi connectivity index (χ1) is 10.1. The fraction of sp³-hybridized carbons (Fsp3) is 0.154. The first-order valence-electron chi connectivity index (χ1n) is 6.21. The van der Waals surface area contributed by atoms with Crippen molar-refractivity contribution in [3.05, 3.63) is 41.0 Å². The van der Waals surface area contributed by atoms with Crippen LogP contribution in [0.5, 0.6) is 5.75 Å². The van der Waals surface area contributed by atoms with E-state index < -0.39 is 0 Å². The molecule has 4 N–H and O–H groups in total. The van der Waals surface area contributed by atoms with E-state index in [0.717, 1.165) is 11.3 Å². The zero-order valence-corrected chi connectivity index (χ0v) is 11.6. The highest BCUT2D eigenvalue weighted by Crippen LogP contribution is 2.33. The summed E-state index contributed by atoms with van der Waals surface area (Å²) in [5.74, 6) is 0.463. The van der Waals surface area contributed by atoms with E-state index in [1.807, 2.05) is 24.3 Å². The number of fused-ring (bicyclic) bond motifs is 1. The van der Waals surface area contributed by atoms with Crippen LogP contribution in [0.15, 0.2) is 30.3 Å². The molecule has 1 aromatic carbocycles. The van der Waals surface area contributed by atoms with Crippen molar-refractivity contribution < 1.29 is 9.53 Å². The second kappa shape index (κ2) is 5.45. The van der Waals surface area contributed by atoms with Crippen LogP contribution >= 0.6 is 11.6 Å². The third-order valence-electron chi connectivity index (χ3n) is 3.04. The molecule has 0 saturated carbocycles. The lowest BCUT2D eigenvalue weighted by Gasteiger charge is -2.12. The van der Waals surface area contributed by atoms with E-state index in [-0.39, 0.29) is 22.9 Å². The van der Waals surface area contributed by atoms with Gasteiger partial charge in [-0.2, -0.15) is 4.98 Å². The van der Waals surface area contributed by atoms with Gasteiger partial charge in [0.25, 0.3) is 0 Å². The number of para-hydroxylation sites is 1. The van der Waals surface area contributed by atoms with Crippen LogP contribution in [-0.2, 0) is 4.79 Å². The second-order valence-electron chi connectivity index (χ2n) is 4.45. The third kappa shape index (κ3) is 2.82. The highest BCUT2D eigenvalue weighted by Gasteiger charge is 2.29. The fourth-order valence-electron chi connectivity index (χ4n) is 2.09. The number of benzene rings is 1. The van der Waals surface area contributed by atoms with Gasteiger partial charge in [0.15, 0.2) is 5.82 Å².